The van der Waals surface area contributed by atoms with Gasteiger partial charge in [-0.25, -0.2) is 0 Å². The second-order valence-corrected chi connectivity index (χ2v) is 12.8. The topological polar surface area (TPSA) is 317 Å². The highest BCUT2D eigenvalue weighted by Gasteiger charge is 2.12. The molecule has 22 nitrogen and oxygen atoms in total. The molecule has 24 heteroatoms. The molecule has 270 valence electrons. The van der Waals surface area contributed by atoms with Crippen molar-refractivity contribution in [2.75, 3.05) is 103 Å². The molecule has 10 N–H and O–H groups in total. The van der Waals surface area contributed by atoms with Gasteiger partial charge in [-0.05, 0) is 18.2 Å². The van der Waals surface area contributed by atoms with Crippen molar-refractivity contribution in [1.82, 2.24) is 29.9 Å². The number of benzene rings is 1. The number of aliphatic hydroxyl groups is 2. The Balaban J connectivity index is 1.77. The van der Waals surface area contributed by atoms with Gasteiger partial charge in [0.1, 0.15) is 12.4 Å². The maximum atomic E-state index is 11.1. The molecule has 3 aromatic rings. The summed E-state index contributed by atoms with van der Waals surface area (Å²) in [4.78, 5) is 25.5. The molecule has 0 bridgehead atoms. The Hall–Kier alpha value is -4.72. The predicted octanol–water partition coefficient (Wildman–Crippen LogP) is 0.0642. The van der Waals surface area contributed by atoms with Gasteiger partial charge in [0, 0.05) is 37.6 Å². The van der Waals surface area contributed by atoms with Crippen molar-refractivity contribution in [1.29, 1.82) is 0 Å². The Morgan fingerprint density at radius 1 is 0.653 bits per heavy atom. The van der Waals surface area contributed by atoms with Gasteiger partial charge in [0.2, 0.25) is 35.7 Å². The molecule has 0 unspecified atom stereocenters. The average Bonchev–Trinajstić information content (AvgIpc) is 2.99. The molecule has 0 aliphatic heterocycles. The third kappa shape index (κ3) is 16.8. The van der Waals surface area contributed by atoms with Gasteiger partial charge >= 0.3 is 0 Å². The van der Waals surface area contributed by atoms with Crippen LogP contribution in [0.5, 0.6) is 0 Å². The first-order valence-corrected chi connectivity index (χ1v) is 17.6. The van der Waals surface area contributed by atoms with E-state index < -0.39 is 31.7 Å². The minimum Gasteiger partial charge on any atom is -0.510 e. The predicted molar refractivity (Wildman–Crippen MR) is 180 cm³/mol. The molecule has 3 rings (SSSR count). The maximum Gasteiger partial charge on any atom is 0.266 e. The zero-order valence-electron chi connectivity index (χ0n) is 26.0. The van der Waals surface area contributed by atoms with Crippen molar-refractivity contribution in [3.63, 3.8) is 0 Å². The second-order valence-electron chi connectivity index (χ2n) is 9.68. The van der Waals surface area contributed by atoms with E-state index in [1.165, 1.54) is 0 Å². The third-order valence-corrected chi connectivity index (χ3v) is 6.94. The van der Waals surface area contributed by atoms with Gasteiger partial charge in [0.15, 0.2) is 0 Å². The van der Waals surface area contributed by atoms with E-state index in [9.17, 15) is 16.8 Å². The largest absolute Gasteiger partial charge is 0.510 e. The Bertz CT molecular complexity index is 1740. The first-order chi connectivity index (χ1) is 23.3. The van der Waals surface area contributed by atoms with Gasteiger partial charge in [-0.2, -0.15) is 46.7 Å². The average molecular weight is 731 g/mol. The van der Waals surface area contributed by atoms with Crippen LogP contribution in [0.2, 0.25) is 0 Å². The molecule has 0 saturated carbocycles. The van der Waals surface area contributed by atoms with Crippen LogP contribution in [0.4, 0.5) is 47.1 Å². The van der Waals surface area contributed by atoms with Gasteiger partial charge in [0.05, 0.1) is 37.9 Å². The van der Waals surface area contributed by atoms with Crippen LogP contribution in [0.1, 0.15) is 0 Å². The molecule has 0 spiro atoms. The summed E-state index contributed by atoms with van der Waals surface area (Å²) in [5.41, 5.74) is 0.995. The van der Waals surface area contributed by atoms with E-state index >= 15 is 0 Å². The monoisotopic (exact) mass is 730 g/mol. The molecule has 49 heavy (non-hydrogen) atoms. The lowest BCUT2D eigenvalue weighted by molar-refractivity contribution is 0.0991. The molecule has 0 saturated heterocycles. The van der Waals surface area contributed by atoms with Crippen LogP contribution in [-0.4, -0.2) is 137 Å². The number of nitrogens with one attached hydrogen (secondary N) is 6. The van der Waals surface area contributed by atoms with Crippen molar-refractivity contribution in [3.05, 3.63) is 36.6 Å². The van der Waals surface area contributed by atoms with E-state index in [4.69, 9.17) is 28.8 Å². The highest BCUT2D eigenvalue weighted by atomic mass is 32.2. The zero-order chi connectivity index (χ0) is 35.7. The lowest BCUT2D eigenvalue weighted by Gasteiger charge is -2.13. The molecular weight excluding hydrogens is 692 g/mol. The minimum atomic E-state index is -4.23. The Labute approximate surface area is 281 Å². The number of rotatable bonds is 24. The number of nitrogens with zero attached hydrogens (tertiary/aromatic N) is 6. The quantitative estimate of drug-likeness (QED) is 0.0331. The van der Waals surface area contributed by atoms with Gasteiger partial charge < -0.3 is 51.6 Å². The number of anilines is 8. The molecule has 1 aromatic carbocycles. The highest BCUT2D eigenvalue weighted by Crippen LogP contribution is 2.22. The fraction of sp³-hybridized carbons (Fsp3) is 0.440. The Kier molecular flexibility index (Phi) is 15.3. The lowest BCUT2D eigenvalue weighted by atomic mass is 10.3. The first kappa shape index (κ1) is 38.7. The summed E-state index contributed by atoms with van der Waals surface area (Å²) in [6, 6.07) is 6.79. The van der Waals surface area contributed by atoms with Gasteiger partial charge in [0.25, 0.3) is 20.2 Å². The van der Waals surface area contributed by atoms with Crippen LogP contribution in [0, 0.1) is 0 Å². The Morgan fingerprint density at radius 3 is 1.47 bits per heavy atom. The first-order valence-electron chi connectivity index (χ1n) is 14.4. The molecule has 0 radical (unpaired) electrons. The smallest absolute Gasteiger partial charge is 0.266 e. The normalized spacial score (nSPS) is 11.5. The van der Waals surface area contributed by atoms with E-state index in [-0.39, 0.29) is 101 Å². The van der Waals surface area contributed by atoms with E-state index in [1.807, 2.05) is 0 Å². The third-order valence-electron chi connectivity index (χ3n) is 5.50. The second kappa shape index (κ2) is 19.3. The van der Waals surface area contributed by atoms with E-state index in [1.54, 1.807) is 24.3 Å². The van der Waals surface area contributed by atoms with Crippen molar-refractivity contribution >= 4 is 67.3 Å². The summed E-state index contributed by atoms with van der Waals surface area (Å²) in [5.74, 6) is -0.905. The van der Waals surface area contributed by atoms with Crippen LogP contribution < -0.4 is 31.9 Å². The van der Waals surface area contributed by atoms with Gasteiger partial charge in [-0.15, -0.1) is 0 Å². The van der Waals surface area contributed by atoms with Crippen molar-refractivity contribution in [2.24, 2.45) is 0 Å². The van der Waals surface area contributed by atoms with Crippen LogP contribution >= 0.6 is 0 Å². The van der Waals surface area contributed by atoms with Crippen molar-refractivity contribution < 1.29 is 45.6 Å². The van der Waals surface area contributed by atoms with E-state index in [0.29, 0.717) is 11.4 Å². The summed E-state index contributed by atoms with van der Waals surface area (Å²) in [5, 5.41) is 35.4. The summed E-state index contributed by atoms with van der Waals surface area (Å²) in [6.45, 7) is 3.90. The lowest BCUT2D eigenvalue weighted by Crippen LogP contribution is -2.18. The molecule has 0 fully saturated rings. The maximum absolute atomic E-state index is 11.1. The van der Waals surface area contributed by atoms with Gasteiger partial charge in [-0.1, -0.05) is 12.6 Å². The summed E-state index contributed by atoms with van der Waals surface area (Å²) in [6.07, 6.45) is 0. The molecule has 0 aliphatic rings. The number of aromatic nitrogens is 6. The number of ether oxygens (including phenoxy) is 2. The standard InChI is InChI=1S/C25H38N12O10S2/c1-17(39)16-47-11-6-27-21-33-23(29-8-14-49(43,44)45)37-25(35-21)31-19-4-2-3-18(15-19)30-24-34-20(26-5-10-46-12-9-38)32-22(36-24)28-7-13-48(40,41)42/h2-4,15,38-39H,1,5-14,16H2,(H,40,41,42)(H,43,44,45)(H3,26,28,30,32,34,36)(H3,27,29,31,33,35,37). The van der Waals surface area contributed by atoms with Crippen LogP contribution in [0.15, 0.2) is 36.6 Å². The van der Waals surface area contributed by atoms with Crippen LogP contribution in [-0.2, 0) is 29.7 Å². The van der Waals surface area contributed by atoms with Crippen LogP contribution in [0.3, 0.4) is 0 Å². The fourth-order valence-corrected chi connectivity index (χ4v) is 4.24. The molecule has 0 amide bonds. The molecule has 0 aliphatic carbocycles. The van der Waals surface area contributed by atoms with E-state index in [2.05, 4.69) is 68.4 Å². The molecular formula is C25H38N12O10S2. The number of hydrogen-bond donors (Lipinski definition) is 10. The fourth-order valence-electron chi connectivity index (χ4n) is 3.52. The minimum absolute atomic E-state index is 0.00332. The zero-order valence-corrected chi connectivity index (χ0v) is 27.7. The SMILES string of the molecule is C=C(O)COCCNc1nc(NCCS(=O)(=O)O)nc(Nc2cccc(Nc3nc(NCCOCCO)nc(NCCS(=O)(=O)O)n3)c2)n1. The van der Waals surface area contributed by atoms with E-state index in [0.717, 1.165) is 0 Å². The number of hydrogen-bond acceptors (Lipinski definition) is 20. The molecule has 0 atom stereocenters. The Morgan fingerprint density at radius 2 is 1.06 bits per heavy atom. The highest BCUT2D eigenvalue weighted by molar-refractivity contribution is 7.86. The number of aliphatic hydroxyl groups excluding tert-OH is 2. The van der Waals surface area contributed by atoms with Crippen molar-refractivity contribution in [3.8, 4) is 0 Å². The molecule has 2 aromatic heterocycles. The summed E-state index contributed by atoms with van der Waals surface area (Å²) >= 11 is 0. The summed E-state index contributed by atoms with van der Waals surface area (Å²) in [7, 11) is -8.46. The molecule has 2 heterocycles. The summed E-state index contributed by atoms with van der Waals surface area (Å²) < 4.78 is 73.1. The van der Waals surface area contributed by atoms with Crippen LogP contribution in [0.25, 0.3) is 0 Å². The van der Waals surface area contributed by atoms with Crippen molar-refractivity contribution in [2.45, 2.75) is 0 Å². The van der Waals surface area contributed by atoms with Gasteiger partial charge in [-0.3, -0.25) is 9.11 Å².